The normalized spacial score (nSPS) is 15.9. The number of pyridine rings is 1. The predicted octanol–water partition coefficient (Wildman–Crippen LogP) is 2.81. The molecule has 7 heteroatoms. The van der Waals surface area contributed by atoms with Crippen LogP contribution in [0.25, 0.3) is 21.0 Å². The van der Waals surface area contributed by atoms with Crippen molar-refractivity contribution in [1.82, 2.24) is 20.1 Å². The van der Waals surface area contributed by atoms with Gasteiger partial charge in [-0.3, -0.25) is 9.59 Å². The van der Waals surface area contributed by atoms with E-state index in [1.165, 1.54) is 11.3 Å². The molecule has 0 aliphatic carbocycles. The Morgan fingerprint density at radius 3 is 2.66 bits per heavy atom. The summed E-state index contributed by atoms with van der Waals surface area (Å²) in [7, 11) is 0. The number of H-pyrrole nitrogens is 1. The van der Waals surface area contributed by atoms with Gasteiger partial charge in [0.05, 0.1) is 10.3 Å². The van der Waals surface area contributed by atoms with Crippen molar-refractivity contribution >= 4 is 38.2 Å². The van der Waals surface area contributed by atoms with Crippen molar-refractivity contribution in [2.45, 2.75) is 20.3 Å². The highest BCUT2D eigenvalue weighted by atomic mass is 32.1. The molecule has 1 saturated heterocycles. The molecule has 3 aromatic rings. The van der Waals surface area contributed by atoms with Crippen LogP contribution in [0.5, 0.6) is 0 Å². The Morgan fingerprint density at radius 1 is 1.14 bits per heavy atom. The van der Waals surface area contributed by atoms with Crippen LogP contribution in [0, 0.1) is 6.92 Å². The summed E-state index contributed by atoms with van der Waals surface area (Å²) >= 11 is 1.40. The monoisotopic (exact) mass is 412 g/mol. The van der Waals surface area contributed by atoms with Crippen molar-refractivity contribution in [1.29, 1.82) is 0 Å². The summed E-state index contributed by atoms with van der Waals surface area (Å²) in [5.41, 5.74) is 1.80. The highest BCUT2D eigenvalue weighted by Crippen LogP contribution is 2.30. The number of nitrogens with one attached hydrogen (secondary N) is 2. The molecule has 154 valence electrons. The highest BCUT2D eigenvalue weighted by molar-refractivity contribution is 7.21. The first-order valence-corrected chi connectivity index (χ1v) is 11.2. The fourth-order valence-electron chi connectivity index (χ4n) is 3.94. The van der Waals surface area contributed by atoms with Crippen LogP contribution < -0.4 is 10.9 Å². The van der Waals surface area contributed by atoms with Gasteiger partial charge in [0.1, 0.15) is 0 Å². The van der Waals surface area contributed by atoms with Crippen molar-refractivity contribution < 1.29 is 4.79 Å². The van der Waals surface area contributed by atoms with Gasteiger partial charge in [0.2, 0.25) is 0 Å². The molecule has 0 bridgehead atoms. The molecule has 1 aliphatic rings. The topological polar surface area (TPSA) is 68.4 Å². The molecule has 0 saturated carbocycles. The number of amides is 1. The second-order valence-corrected chi connectivity index (χ2v) is 8.79. The van der Waals surface area contributed by atoms with Crippen molar-refractivity contribution in [3.05, 3.63) is 45.1 Å². The second-order valence-electron chi connectivity index (χ2n) is 7.74. The Kier molecular flexibility index (Phi) is 5.99. The van der Waals surface area contributed by atoms with E-state index in [0.29, 0.717) is 16.8 Å². The average Bonchev–Trinajstić information content (AvgIpc) is 3.19. The van der Waals surface area contributed by atoms with Gasteiger partial charge in [0.15, 0.2) is 0 Å². The smallest absolute Gasteiger partial charge is 0.261 e. The largest absolute Gasteiger partial charge is 0.351 e. The number of aromatic amines is 1. The number of nitrogens with zero attached hydrogens (tertiary/aromatic N) is 2. The van der Waals surface area contributed by atoms with Crippen molar-refractivity contribution in [3.8, 4) is 0 Å². The first kappa shape index (κ1) is 20.1. The number of thiophene rings is 1. The lowest BCUT2D eigenvalue weighted by Crippen LogP contribution is -2.46. The summed E-state index contributed by atoms with van der Waals surface area (Å²) in [6.45, 7) is 11.5. The van der Waals surface area contributed by atoms with E-state index in [1.54, 1.807) is 6.07 Å². The third-order valence-electron chi connectivity index (χ3n) is 5.72. The molecule has 1 aromatic carbocycles. The van der Waals surface area contributed by atoms with E-state index in [9.17, 15) is 9.59 Å². The molecule has 0 spiro atoms. The molecule has 0 unspecified atom stereocenters. The number of aromatic nitrogens is 1. The van der Waals surface area contributed by atoms with E-state index >= 15 is 0 Å². The lowest BCUT2D eigenvalue weighted by atomic mass is 10.1. The minimum absolute atomic E-state index is 0.0952. The molecule has 3 heterocycles. The number of piperazine rings is 1. The first-order valence-electron chi connectivity index (χ1n) is 10.3. The molecule has 0 radical (unpaired) electrons. The fourth-order valence-corrected chi connectivity index (χ4v) is 5.04. The molecule has 4 rings (SSSR count). The molecule has 29 heavy (non-hydrogen) atoms. The van der Waals surface area contributed by atoms with Gasteiger partial charge < -0.3 is 20.1 Å². The van der Waals surface area contributed by atoms with Gasteiger partial charge in [-0.2, -0.15) is 0 Å². The number of fused-ring (bicyclic) bond motifs is 3. The maximum Gasteiger partial charge on any atom is 0.261 e. The summed E-state index contributed by atoms with van der Waals surface area (Å²) in [6, 6.07) is 7.68. The molecular weight excluding hydrogens is 384 g/mol. The molecule has 0 atom stereocenters. The van der Waals surface area contributed by atoms with Crippen molar-refractivity contribution in [2.24, 2.45) is 0 Å². The van der Waals surface area contributed by atoms with E-state index in [1.807, 2.05) is 19.1 Å². The van der Waals surface area contributed by atoms with Crippen LogP contribution >= 0.6 is 11.3 Å². The van der Waals surface area contributed by atoms with Gasteiger partial charge in [0, 0.05) is 48.3 Å². The summed E-state index contributed by atoms with van der Waals surface area (Å²) in [6.07, 6.45) is 0.936. The zero-order chi connectivity index (χ0) is 20.4. The minimum atomic E-state index is -0.141. The third-order valence-corrected chi connectivity index (χ3v) is 6.88. The molecule has 1 aliphatic heterocycles. The van der Waals surface area contributed by atoms with Gasteiger partial charge in [-0.25, -0.2) is 0 Å². The van der Waals surface area contributed by atoms with Gasteiger partial charge in [-0.1, -0.05) is 18.6 Å². The number of rotatable bonds is 6. The number of likely N-dealkylation sites (N-methyl/N-ethyl adjacent to an activating group) is 1. The fraction of sp³-hybridized carbons (Fsp3) is 0.455. The van der Waals surface area contributed by atoms with Crippen LogP contribution in [0.2, 0.25) is 0 Å². The Balaban J connectivity index is 1.39. The van der Waals surface area contributed by atoms with Crippen LogP contribution in [0.1, 0.15) is 28.6 Å². The summed E-state index contributed by atoms with van der Waals surface area (Å²) in [5, 5.41) is 4.61. The van der Waals surface area contributed by atoms with E-state index in [2.05, 4.69) is 33.1 Å². The number of hydrogen-bond donors (Lipinski definition) is 2. The van der Waals surface area contributed by atoms with Crippen molar-refractivity contribution in [3.63, 3.8) is 0 Å². The lowest BCUT2D eigenvalue weighted by Gasteiger charge is -2.33. The van der Waals surface area contributed by atoms with E-state index in [0.717, 1.165) is 66.9 Å². The van der Waals surface area contributed by atoms with Crippen molar-refractivity contribution in [2.75, 3.05) is 45.8 Å². The van der Waals surface area contributed by atoms with Crippen LogP contribution in [-0.4, -0.2) is 66.5 Å². The van der Waals surface area contributed by atoms with Gasteiger partial charge >= 0.3 is 0 Å². The highest BCUT2D eigenvalue weighted by Gasteiger charge is 2.16. The Morgan fingerprint density at radius 2 is 1.90 bits per heavy atom. The Labute approximate surface area is 174 Å². The second kappa shape index (κ2) is 8.65. The van der Waals surface area contributed by atoms with Crippen LogP contribution in [0.15, 0.2) is 29.1 Å². The zero-order valence-corrected chi connectivity index (χ0v) is 17.9. The number of aryl methyl sites for hydroxylation is 1. The third kappa shape index (κ3) is 4.37. The quantitative estimate of drug-likeness (QED) is 0.611. The maximum absolute atomic E-state index is 12.6. The Hall–Kier alpha value is -2.22. The van der Waals surface area contributed by atoms with E-state index in [-0.39, 0.29) is 11.5 Å². The zero-order valence-electron chi connectivity index (χ0n) is 17.1. The molecule has 2 aromatic heterocycles. The summed E-state index contributed by atoms with van der Waals surface area (Å²) in [4.78, 5) is 33.5. The summed E-state index contributed by atoms with van der Waals surface area (Å²) in [5.74, 6) is -0.0952. The Bertz CT molecular complexity index is 1080. The number of benzene rings is 1. The summed E-state index contributed by atoms with van der Waals surface area (Å²) < 4.78 is 0.881. The number of carbonyl (C=O) groups excluding carboxylic acids is 1. The molecular formula is C22H28N4O2S. The van der Waals surface area contributed by atoms with Gasteiger partial charge in [0.25, 0.3) is 11.5 Å². The average molecular weight is 413 g/mol. The van der Waals surface area contributed by atoms with Gasteiger partial charge in [-0.05, 0) is 44.6 Å². The molecule has 6 nitrogen and oxygen atoms in total. The van der Waals surface area contributed by atoms with Crippen LogP contribution in [0.3, 0.4) is 0 Å². The molecule has 2 N–H and O–H groups in total. The lowest BCUT2D eigenvalue weighted by molar-refractivity contribution is 0.0952. The molecule has 1 amide bonds. The molecule has 1 fully saturated rings. The van der Waals surface area contributed by atoms with Gasteiger partial charge in [-0.15, -0.1) is 11.3 Å². The van der Waals surface area contributed by atoms with E-state index < -0.39 is 0 Å². The van der Waals surface area contributed by atoms with E-state index in [4.69, 9.17) is 0 Å². The standard InChI is InChI=1S/C22H28N4O2S/c1-3-25-9-11-26(12-10-25)8-4-7-23-22(28)19-14-17-20(29-19)16-13-15(2)5-6-18(16)24-21(17)27/h5-6,13-14H,3-4,7-12H2,1-2H3,(H,23,28)(H,24,27). The number of carbonyl (C=O) groups is 1. The predicted molar refractivity (Wildman–Crippen MR) is 120 cm³/mol. The first-order chi connectivity index (χ1) is 14.0. The SMILES string of the molecule is CCN1CCN(CCCNC(=O)c2cc3c(=O)[nH]c4ccc(C)cc4c3s2)CC1. The van der Waals surface area contributed by atoms with Crippen LogP contribution in [0.4, 0.5) is 0 Å². The maximum atomic E-state index is 12.6. The van der Waals surface area contributed by atoms with Crippen LogP contribution in [-0.2, 0) is 0 Å². The minimum Gasteiger partial charge on any atom is -0.351 e. The number of hydrogen-bond acceptors (Lipinski definition) is 5.